The standard InChI is InChI=1S/C22H18ClN3O3S/c23-15-8-9-17-20(11-15)30-22(24-17)26(13-16-7-4-10-28-16)21(27)18-12-19(29-25-18)14-5-2-1-3-6-14/h1-3,5-6,8-9,11-12,16H,4,7,10,13H2. The zero-order valence-electron chi connectivity index (χ0n) is 16.0. The van der Waals surface area contributed by atoms with Crippen LogP contribution in [0.1, 0.15) is 23.3 Å². The predicted octanol–water partition coefficient (Wildman–Crippen LogP) is 5.43. The molecular formula is C22H18ClN3O3S. The lowest BCUT2D eigenvalue weighted by atomic mass is 10.1. The van der Waals surface area contributed by atoms with Gasteiger partial charge in [0.2, 0.25) is 0 Å². The van der Waals surface area contributed by atoms with E-state index in [0.29, 0.717) is 29.1 Å². The molecule has 1 fully saturated rings. The van der Waals surface area contributed by atoms with E-state index in [1.165, 1.54) is 11.3 Å². The summed E-state index contributed by atoms with van der Waals surface area (Å²) in [5.74, 6) is 0.286. The van der Waals surface area contributed by atoms with Crippen molar-refractivity contribution in [3.8, 4) is 11.3 Å². The van der Waals surface area contributed by atoms with Gasteiger partial charge >= 0.3 is 0 Å². The fourth-order valence-electron chi connectivity index (χ4n) is 3.49. The molecule has 0 saturated carbocycles. The van der Waals surface area contributed by atoms with Gasteiger partial charge in [-0.05, 0) is 31.0 Å². The smallest absolute Gasteiger partial charge is 0.282 e. The number of ether oxygens (including phenoxy) is 1. The monoisotopic (exact) mass is 439 g/mol. The van der Waals surface area contributed by atoms with Gasteiger partial charge in [0, 0.05) is 23.3 Å². The Morgan fingerprint density at radius 3 is 2.87 bits per heavy atom. The van der Waals surface area contributed by atoms with Gasteiger partial charge in [-0.3, -0.25) is 9.69 Å². The van der Waals surface area contributed by atoms with Crippen LogP contribution in [-0.2, 0) is 4.74 Å². The van der Waals surface area contributed by atoms with Gasteiger partial charge in [-0.1, -0.05) is 58.4 Å². The summed E-state index contributed by atoms with van der Waals surface area (Å²) in [5, 5.41) is 5.26. The third kappa shape index (κ3) is 3.84. The first-order valence-corrected chi connectivity index (χ1v) is 10.9. The Bertz CT molecular complexity index is 1180. The van der Waals surface area contributed by atoms with Crippen LogP contribution in [0.3, 0.4) is 0 Å². The lowest BCUT2D eigenvalue weighted by molar-refractivity contribution is 0.0910. The summed E-state index contributed by atoms with van der Waals surface area (Å²) < 4.78 is 12.1. The second kappa shape index (κ2) is 8.18. The Kier molecular flexibility index (Phi) is 5.25. The van der Waals surface area contributed by atoms with Gasteiger partial charge in [0.25, 0.3) is 5.91 Å². The molecule has 1 atom stereocenters. The van der Waals surface area contributed by atoms with Crippen molar-refractivity contribution in [1.29, 1.82) is 0 Å². The minimum Gasteiger partial charge on any atom is -0.376 e. The van der Waals surface area contributed by atoms with E-state index >= 15 is 0 Å². The molecule has 5 rings (SSSR count). The molecular weight excluding hydrogens is 422 g/mol. The van der Waals surface area contributed by atoms with Crippen LogP contribution < -0.4 is 4.90 Å². The van der Waals surface area contributed by atoms with E-state index in [1.54, 1.807) is 17.0 Å². The number of hydrogen-bond donors (Lipinski definition) is 0. The molecule has 6 nitrogen and oxygen atoms in total. The average molecular weight is 440 g/mol. The molecule has 4 aromatic rings. The Morgan fingerprint density at radius 1 is 1.20 bits per heavy atom. The van der Waals surface area contributed by atoms with Gasteiger partial charge in [0.05, 0.1) is 22.9 Å². The highest BCUT2D eigenvalue weighted by Crippen LogP contribution is 2.32. The van der Waals surface area contributed by atoms with E-state index in [9.17, 15) is 4.79 Å². The van der Waals surface area contributed by atoms with E-state index in [-0.39, 0.29) is 17.7 Å². The summed E-state index contributed by atoms with van der Waals surface area (Å²) >= 11 is 7.55. The van der Waals surface area contributed by atoms with E-state index in [4.69, 9.17) is 20.9 Å². The largest absolute Gasteiger partial charge is 0.376 e. The number of halogens is 1. The molecule has 1 aliphatic heterocycles. The average Bonchev–Trinajstić information content (AvgIpc) is 3.52. The van der Waals surface area contributed by atoms with Crippen molar-refractivity contribution < 1.29 is 14.1 Å². The second-order valence-corrected chi connectivity index (χ2v) is 8.55. The van der Waals surface area contributed by atoms with Crippen molar-refractivity contribution in [2.75, 3.05) is 18.1 Å². The normalized spacial score (nSPS) is 16.2. The van der Waals surface area contributed by atoms with E-state index < -0.39 is 0 Å². The maximum atomic E-state index is 13.4. The van der Waals surface area contributed by atoms with Crippen LogP contribution in [0.2, 0.25) is 5.02 Å². The van der Waals surface area contributed by atoms with Crippen LogP contribution in [-0.4, -0.2) is 35.3 Å². The van der Waals surface area contributed by atoms with Crippen LogP contribution in [0.4, 0.5) is 5.13 Å². The fourth-order valence-corrected chi connectivity index (χ4v) is 4.74. The lowest BCUT2D eigenvalue weighted by Crippen LogP contribution is -2.37. The summed E-state index contributed by atoms with van der Waals surface area (Å²) in [6.07, 6.45) is 1.88. The van der Waals surface area contributed by atoms with Crippen LogP contribution >= 0.6 is 22.9 Å². The van der Waals surface area contributed by atoms with Gasteiger partial charge in [0.1, 0.15) is 0 Å². The molecule has 0 N–H and O–H groups in total. The van der Waals surface area contributed by atoms with Crippen molar-refractivity contribution >= 4 is 44.2 Å². The van der Waals surface area contributed by atoms with Gasteiger partial charge < -0.3 is 9.26 Å². The summed E-state index contributed by atoms with van der Waals surface area (Å²) in [4.78, 5) is 19.7. The molecule has 0 bridgehead atoms. The number of rotatable bonds is 5. The first-order chi connectivity index (χ1) is 14.7. The van der Waals surface area contributed by atoms with Crippen LogP contribution in [0, 0.1) is 0 Å². The lowest BCUT2D eigenvalue weighted by Gasteiger charge is -2.21. The predicted molar refractivity (Wildman–Crippen MR) is 117 cm³/mol. The molecule has 30 heavy (non-hydrogen) atoms. The van der Waals surface area contributed by atoms with Crippen molar-refractivity contribution in [2.24, 2.45) is 0 Å². The summed E-state index contributed by atoms with van der Waals surface area (Å²) in [6.45, 7) is 1.13. The van der Waals surface area contributed by atoms with Gasteiger partial charge in [-0.25, -0.2) is 4.98 Å². The molecule has 1 aliphatic rings. The molecule has 1 saturated heterocycles. The van der Waals surface area contributed by atoms with Gasteiger partial charge in [-0.15, -0.1) is 0 Å². The second-order valence-electron chi connectivity index (χ2n) is 7.10. The number of carbonyl (C=O) groups is 1. The van der Waals surface area contributed by atoms with E-state index in [2.05, 4.69) is 10.1 Å². The number of amides is 1. The van der Waals surface area contributed by atoms with Gasteiger partial charge in [-0.2, -0.15) is 0 Å². The molecule has 152 valence electrons. The van der Waals surface area contributed by atoms with Gasteiger partial charge in [0.15, 0.2) is 16.6 Å². The summed E-state index contributed by atoms with van der Waals surface area (Å²) in [7, 11) is 0. The molecule has 1 unspecified atom stereocenters. The van der Waals surface area contributed by atoms with Crippen LogP contribution in [0.15, 0.2) is 59.1 Å². The zero-order chi connectivity index (χ0) is 20.5. The first-order valence-electron chi connectivity index (χ1n) is 9.69. The number of thiazole rings is 1. The number of carbonyl (C=O) groups excluding carboxylic acids is 1. The van der Waals surface area contributed by atoms with Crippen molar-refractivity contribution in [3.05, 3.63) is 65.3 Å². The summed E-state index contributed by atoms with van der Waals surface area (Å²) in [5.41, 5.74) is 1.91. The third-order valence-corrected chi connectivity index (χ3v) is 6.29. The minimum absolute atomic E-state index is 0.0231. The van der Waals surface area contributed by atoms with Crippen LogP contribution in [0.5, 0.6) is 0 Å². The highest BCUT2D eigenvalue weighted by molar-refractivity contribution is 7.22. The van der Waals surface area contributed by atoms with E-state index in [0.717, 1.165) is 28.6 Å². The molecule has 3 heterocycles. The fraction of sp³-hybridized carbons (Fsp3) is 0.227. The quantitative estimate of drug-likeness (QED) is 0.414. The molecule has 2 aromatic carbocycles. The Hall–Kier alpha value is -2.74. The highest BCUT2D eigenvalue weighted by Gasteiger charge is 2.29. The number of fused-ring (bicyclic) bond motifs is 1. The first kappa shape index (κ1) is 19.2. The number of hydrogen-bond acceptors (Lipinski definition) is 6. The minimum atomic E-state index is -0.262. The summed E-state index contributed by atoms with van der Waals surface area (Å²) in [6, 6.07) is 16.8. The maximum absolute atomic E-state index is 13.4. The van der Waals surface area contributed by atoms with E-state index in [1.807, 2.05) is 42.5 Å². The highest BCUT2D eigenvalue weighted by atomic mass is 35.5. The Labute approximate surface area is 182 Å². The molecule has 0 radical (unpaired) electrons. The zero-order valence-corrected chi connectivity index (χ0v) is 17.5. The Morgan fingerprint density at radius 2 is 2.07 bits per heavy atom. The molecule has 1 amide bonds. The molecule has 0 spiro atoms. The molecule has 8 heteroatoms. The number of anilines is 1. The number of aromatic nitrogens is 2. The van der Waals surface area contributed by atoms with Crippen LogP contribution in [0.25, 0.3) is 21.5 Å². The topological polar surface area (TPSA) is 68.5 Å². The Balaban J connectivity index is 1.49. The SMILES string of the molecule is O=C(c1cc(-c2ccccc2)on1)N(CC1CCCO1)c1nc2ccc(Cl)cc2s1. The number of nitrogens with zero attached hydrogens (tertiary/aromatic N) is 3. The maximum Gasteiger partial charge on any atom is 0.282 e. The third-order valence-electron chi connectivity index (χ3n) is 5.01. The number of benzene rings is 2. The molecule has 0 aliphatic carbocycles. The van der Waals surface area contributed by atoms with Crippen molar-refractivity contribution in [3.63, 3.8) is 0 Å². The molecule has 2 aromatic heterocycles. The van der Waals surface area contributed by atoms with Crippen molar-refractivity contribution in [1.82, 2.24) is 10.1 Å². The van der Waals surface area contributed by atoms with Crippen molar-refractivity contribution in [2.45, 2.75) is 18.9 Å².